The van der Waals surface area contributed by atoms with Crippen molar-refractivity contribution < 1.29 is 14.6 Å². The van der Waals surface area contributed by atoms with E-state index in [1.165, 1.54) is 44.9 Å². The molecule has 5 rings (SSSR count). The predicted octanol–water partition coefficient (Wildman–Crippen LogP) is 6.13. The lowest BCUT2D eigenvalue weighted by atomic mass is 9.38. The quantitative estimate of drug-likeness (QED) is 0.523. The highest BCUT2D eigenvalue weighted by Gasteiger charge is 2.69. The molecular weight excluding hydrogens is 372 g/mol. The number of hydrogen-bond acceptors (Lipinski definition) is 3. The maximum absolute atomic E-state index is 12.0. The van der Waals surface area contributed by atoms with Crippen LogP contribution in [0.25, 0.3) is 0 Å². The number of aliphatic hydroxyl groups is 1. The van der Waals surface area contributed by atoms with E-state index in [0.717, 1.165) is 24.7 Å². The molecule has 9 atom stereocenters. The number of aliphatic hydroxyl groups excluding tert-OH is 1. The SMILES string of the molecule is CC1(C)[C@@H](O)CC[C@]2(C)[C@H]3CC[C@]4(C)[C@@H]([C@@]5(C)CCC(=O)O5)CC[C@@]4(C)[C@@H]3CC[C@@H]12. The van der Waals surface area contributed by atoms with E-state index in [9.17, 15) is 9.90 Å². The molecule has 4 aliphatic carbocycles. The van der Waals surface area contributed by atoms with Gasteiger partial charge in [0.15, 0.2) is 0 Å². The van der Waals surface area contributed by atoms with Crippen LogP contribution in [0.1, 0.15) is 106 Å². The first-order valence-electron chi connectivity index (χ1n) is 12.8. The van der Waals surface area contributed by atoms with Gasteiger partial charge in [-0.2, -0.15) is 0 Å². The molecule has 0 aromatic heterocycles. The third-order valence-corrected chi connectivity index (χ3v) is 12.3. The van der Waals surface area contributed by atoms with E-state index in [1.807, 2.05) is 0 Å². The smallest absolute Gasteiger partial charge is 0.306 e. The van der Waals surface area contributed by atoms with E-state index in [1.54, 1.807) is 0 Å². The van der Waals surface area contributed by atoms with Crippen LogP contribution in [0.4, 0.5) is 0 Å². The van der Waals surface area contributed by atoms with Gasteiger partial charge < -0.3 is 9.84 Å². The Morgan fingerprint density at radius 3 is 2.13 bits per heavy atom. The monoisotopic (exact) mass is 416 g/mol. The van der Waals surface area contributed by atoms with Crippen molar-refractivity contribution in [1.29, 1.82) is 0 Å². The lowest BCUT2D eigenvalue weighted by molar-refractivity contribution is -0.207. The van der Waals surface area contributed by atoms with Crippen molar-refractivity contribution in [2.45, 2.75) is 117 Å². The van der Waals surface area contributed by atoms with E-state index in [-0.39, 0.29) is 28.5 Å². The van der Waals surface area contributed by atoms with Crippen LogP contribution in [0.15, 0.2) is 0 Å². The summed E-state index contributed by atoms with van der Waals surface area (Å²) in [7, 11) is 0. The van der Waals surface area contributed by atoms with Gasteiger partial charge in [-0.1, -0.05) is 34.6 Å². The van der Waals surface area contributed by atoms with Crippen molar-refractivity contribution in [3.05, 3.63) is 0 Å². The van der Waals surface area contributed by atoms with E-state index in [2.05, 4.69) is 41.5 Å². The van der Waals surface area contributed by atoms with Crippen LogP contribution in [-0.2, 0) is 9.53 Å². The topological polar surface area (TPSA) is 46.5 Å². The largest absolute Gasteiger partial charge is 0.459 e. The zero-order valence-electron chi connectivity index (χ0n) is 20.2. The minimum absolute atomic E-state index is 0.0133. The molecule has 0 aromatic rings. The molecule has 3 nitrogen and oxygen atoms in total. The average Bonchev–Trinajstić information content (AvgIpc) is 3.16. The zero-order valence-corrected chi connectivity index (χ0v) is 20.2. The molecule has 1 aliphatic heterocycles. The van der Waals surface area contributed by atoms with Gasteiger partial charge in [0.25, 0.3) is 0 Å². The molecule has 1 saturated heterocycles. The Hall–Kier alpha value is -0.570. The zero-order chi connectivity index (χ0) is 21.7. The highest BCUT2D eigenvalue weighted by molar-refractivity contribution is 5.72. The Bertz CT molecular complexity index is 744. The second-order valence-corrected chi connectivity index (χ2v) is 13.5. The summed E-state index contributed by atoms with van der Waals surface area (Å²) in [6.07, 6.45) is 11.2. The van der Waals surface area contributed by atoms with E-state index >= 15 is 0 Å². The van der Waals surface area contributed by atoms with Crippen molar-refractivity contribution in [3.63, 3.8) is 0 Å². The van der Waals surface area contributed by atoms with Gasteiger partial charge in [-0.05, 0) is 104 Å². The maximum Gasteiger partial charge on any atom is 0.306 e. The molecular formula is C27H44O3. The van der Waals surface area contributed by atoms with Gasteiger partial charge in [0.1, 0.15) is 5.60 Å². The summed E-state index contributed by atoms with van der Waals surface area (Å²) in [6.45, 7) is 14.6. The first-order valence-corrected chi connectivity index (χ1v) is 12.8. The van der Waals surface area contributed by atoms with Gasteiger partial charge in [0, 0.05) is 12.3 Å². The van der Waals surface area contributed by atoms with Crippen LogP contribution in [0, 0.1) is 45.3 Å². The fourth-order valence-electron chi connectivity index (χ4n) is 10.4. The lowest BCUT2D eigenvalue weighted by Crippen LogP contribution is -2.62. The van der Waals surface area contributed by atoms with Crippen molar-refractivity contribution in [2.75, 3.05) is 0 Å². The summed E-state index contributed by atoms with van der Waals surface area (Å²) < 4.78 is 6.01. The molecule has 30 heavy (non-hydrogen) atoms. The summed E-state index contributed by atoms with van der Waals surface area (Å²) in [6, 6.07) is 0. The minimum atomic E-state index is -0.255. The molecule has 1 N–H and O–H groups in total. The van der Waals surface area contributed by atoms with Gasteiger partial charge in [-0.15, -0.1) is 0 Å². The third kappa shape index (κ3) is 2.45. The molecule has 1 heterocycles. The Balaban J connectivity index is 1.48. The Kier molecular flexibility index (Phi) is 4.45. The van der Waals surface area contributed by atoms with Gasteiger partial charge in [-0.25, -0.2) is 0 Å². The number of cyclic esters (lactones) is 1. The second-order valence-electron chi connectivity index (χ2n) is 13.5. The number of esters is 1. The second kappa shape index (κ2) is 6.27. The molecule has 170 valence electrons. The number of fused-ring (bicyclic) bond motifs is 5. The van der Waals surface area contributed by atoms with Gasteiger partial charge in [0.05, 0.1) is 6.10 Å². The fourth-order valence-corrected chi connectivity index (χ4v) is 10.4. The summed E-state index contributed by atoms with van der Waals surface area (Å²) in [5.74, 6) is 2.69. The van der Waals surface area contributed by atoms with Crippen LogP contribution >= 0.6 is 0 Å². The number of rotatable bonds is 1. The Morgan fingerprint density at radius 1 is 0.767 bits per heavy atom. The van der Waals surface area contributed by atoms with Gasteiger partial charge in [0.2, 0.25) is 0 Å². The first kappa shape index (κ1) is 21.3. The lowest BCUT2D eigenvalue weighted by Gasteiger charge is -2.67. The Labute approximate surface area is 183 Å². The molecule has 3 heteroatoms. The third-order valence-electron chi connectivity index (χ3n) is 12.3. The molecule has 0 amide bonds. The van der Waals surface area contributed by atoms with E-state index in [4.69, 9.17) is 4.74 Å². The van der Waals surface area contributed by atoms with Crippen LogP contribution < -0.4 is 0 Å². The molecule has 4 saturated carbocycles. The predicted molar refractivity (Wildman–Crippen MR) is 119 cm³/mol. The van der Waals surface area contributed by atoms with Crippen molar-refractivity contribution in [3.8, 4) is 0 Å². The molecule has 0 spiro atoms. The van der Waals surface area contributed by atoms with Crippen LogP contribution in [-0.4, -0.2) is 22.8 Å². The molecule has 0 bridgehead atoms. The summed E-state index contributed by atoms with van der Waals surface area (Å²) in [5.41, 5.74) is 0.739. The number of carbonyl (C=O) groups is 1. The number of carbonyl (C=O) groups excluding carboxylic acids is 1. The number of ether oxygens (including phenoxy) is 1. The molecule has 5 aliphatic rings. The highest BCUT2D eigenvalue weighted by atomic mass is 16.6. The molecule has 0 radical (unpaired) electrons. The van der Waals surface area contributed by atoms with Crippen LogP contribution in [0.3, 0.4) is 0 Å². The van der Waals surface area contributed by atoms with Crippen LogP contribution in [0.5, 0.6) is 0 Å². The van der Waals surface area contributed by atoms with Crippen molar-refractivity contribution in [1.82, 2.24) is 0 Å². The summed E-state index contributed by atoms with van der Waals surface area (Å²) >= 11 is 0. The molecule has 0 aromatic carbocycles. The number of hydrogen-bond donors (Lipinski definition) is 1. The Morgan fingerprint density at radius 2 is 1.47 bits per heavy atom. The average molecular weight is 417 g/mol. The van der Waals surface area contributed by atoms with E-state index < -0.39 is 0 Å². The van der Waals surface area contributed by atoms with Crippen molar-refractivity contribution >= 4 is 5.97 Å². The van der Waals surface area contributed by atoms with Crippen LogP contribution in [0.2, 0.25) is 0 Å². The summed E-state index contributed by atoms with van der Waals surface area (Å²) in [5, 5.41) is 10.8. The minimum Gasteiger partial charge on any atom is -0.459 e. The van der Waals surface area contributed by atoms with Crippen molar-refractivity contribution in [2.24, 2.45) is 45.3 Å². The first-order chi connectivity index (χ1) is 13.9. The van der Waals surface area contributed by atoms with Gasteiger partial charge in [-0.3, -0.25) is 4.79 Å². The maximum atomic E-state index is 12.0. The molecule has 0 unspecified atom stereocenters. The highest BCUT2D eigenvalue weighted by Crippen LogP contribution is 2.75. The fraction of sp³-hybridized carbons (Fsp3) is 0.963. The molecule has 5 fully saturated rings. The standard InChI is InChI=1S/C27H44O3/c1-23(2)19-8-7-18-17(24(19,3)13-11-21(23)28)9-14-26(5)20(10-15-25(18,26)4)27(6)16-12-22(29)30-27/h17-21,28H,7-16H2,1-6H3/t17-,18+,19-,20-,21-,24+,25-,26+,27+/m0/s1. The van der Waals surface area contributed by atoms with E-state index in [0.29, 0.717) is 29.1 Å². The summed E-state index contributed by atoms with van der Waals surface area (Å²) in [4.78, 5) is 12.0. The van der Waals surface area contributed by atoms with Gasteiger partial charge >= 0.3 is 5.97 Å². The normalized spacial score (nSPS) is 57.3.